The second kappa shape index (κ2) is 9.07. The third-order valence-electron chi connectivity index (χ3n) is 3.39. The number of rotatable bonds is 8. The Morgan fingerprint density at radius 1 is 1.12 bits per heavy atom. The number of hydrogen-bond acceptors (Lipinski definition) is 4. The van der Waals surface area contributed by atoms with Crippen LogP contribution in [0.15, 0.2) is 18.2 Å². The topological polar surface area (TPSA) is 76.7 Å². The zero-order valence-corrected chi connectivity index (χ0v) is 16.6. The molecule has 0 radical (unpaired) electrons. The molecular weight excluding hydrogens is 374 g/mol. The third-order valence-corrected chi connectivity index (χ3v) is 6.66. The van der Waals surface area contributed by atoms with Gasteiger partial charge in [-0.25, -0.2) is 4.79 Å². The minimum atomic E-state index is -3.54. The van der Waals surface area contributed by atoms with Crippen molar-refractivity contribution in [1.82, 2.24) is 5.32 Å². The van der Waals surface area contributed by atoms with Gasteiger partial charge in [0.25, 0.3) is 0 Å². The fourth-order valence-electron chi connectivity index (χ4n) is 2.05. The van der Waals surface area contributed by atoms with Crippen LogP contribution in [-0.4, -0.2) is 24.5 Å². The van der Waals surface area contributed by atoms with E-state index in [1.165, 1.54) is 0 Å². The molecule has 0 heterocycles. The predicted molar refractivity (Wildman–Crippen MR) is 98.2 cm³/mol. The summed E-state index contributed by atoms with van der Waals surface area (Å²) in [6.45, 7) is 7.27. The lowest BCUT2D eigenvalue weighted by molar-refractivity contribution is 0.186. The molecule has 1 rings (SSSR count). The molecule has 0 saturated carbocycles. The summed E-state index contributed by atoms with van der Waals surface area (Å²) in [5, 5.41) is 4.92. The highest BCUT2D eigenvalue weighted by Gasteiger charge is 2.47. The molecule has 0 saturated heterocycles. The molecule has 2 N–H and O–H groups in total. The molecule has 0 aliphatic carbocycles. The highest BCUT2D eigenvalue weighted by atomic mass is 35.5. The lowest BCUT2D eigenvalue weighted by Gasteiger charge is -2.35. The number of urea groups is 1. The first kappa shape index (κ1) is 21.3. The molecule has 1 aromatic rings. The average Bonchev–Trinajstić information content (AvgIpc) is 2.46. The molecule has 6 nitrogen and oxygen atoms in total. The van der Waals surface area contributed by atoms with E-state index >= 15 is 0 Å². The van der Waals surface area contributed by atoms with Crippen molar-refractivity contribution in [2.24, 2.45) is 0 Å². The minimum absolute atomic E-state index is 0.208. The van der Waals surface area contributed by atoms with Gasteiger partial charge < -0.3 is 19.7 Å². The molecule has 1 atom stereocenters. The van der Waals surface area contributed by atoms with Gasteiger partial charge in [0, 0.05) is 15.7 Å². The van der Waals surface area contributed by atoms with Crippen molar-refractivity contribution in [3.63, 3.8) is 0 Å². The summed E-state index contributed by atoms with van der Waals surface area (Å²) < 4.78 is 23.8. The monoisotopic (exact) mass is 396 g/mol. The molecule has 0 aromatic heterocycles. The molecule has 0 spiro atoms. The van der Waals surface area contributed by atoms with Crippen LogP contribution in [0.5, 0.6) is 0 Å². The Balaban J connectivity index is 2.96. The summed E-state index contributed by atoms with van der Waals surface area (Å²) >= 11 is 11.8. The van der Waals surface area contributed by atoms with Crippen molar-refractivity contribution < 1.29 is 18.4 Å². The van der Waals surface area contributed by atoms with Gasteiger partial charge in [-0.1, -0.05) is 30.1 Å². The Morgan fingerprint density at radius 3 is 2.04 bits per heavy atom. The molecule has 0 aliphatic heterocycles. The fourth-order valence-corrected chi connectivity index (χ4v) is 4.52. The van der Waals surface area contributed by atoms with Crippen molar-refractivity contribution in [3.05, 3.63) is 28.2 Å². The van der Waals surface area contributed by atoms with E-state index in [4.69, 9.17) is 32.2 Å². The molecule has 136 valence electrons. The number of hydrogen-bond donors (Lipinski definition) is 2. The van der Waals surface area contributed by atoms with E-state index in [9.17, 15) is 9.36 Å². The number of amides is 2. The molecule has 24 heavy (non-hydrogen) atoms. The molecule has 0 bridgehead atoms. The minimum Gasteiger partial charge on any atom is -0.321 e. The van der Waals surface area contributed by atoms with Crippen molar-refractivity contribution >= 4 is 42.5 Å². The number of nitrogens with one attached hydrogen (secondary N) is 2. The normalized spacial score (nSPS) is 14.1. The summed E-state index contributed by atoms with van der Waals surface area (Å²) in [6.07, 6.45) is 0.355. The summed E-state index contributed by atoms with van der Waals surface area (Å²) in [6, 6.07) is 4.11. The predicted octanol–water partition coefficient (Wildman–Crippen LogP) is 5.51. The fraction of sp³-hybridized carbons (Fsp3) is 0.533. The highest BCUT2D eigenvalue weighted by Crippen LogP contribution is 2.59. The van der Waals surface area contributed by atoms with E-state index in [2.05, 4.69) is 10.6 Å². The van der Waals surface area contributed by atoms with Gasteiger partial charge in [0.05, 0.1) is 13.2 Å². The van der Waals surface area contributed by atoms with Crippen LogP contribution in [0.2, 0.25) is 10.0 Å². The maximum atomic E-state index is 13.0. The molecule has 2 amide bonds. The average molecular weight is 397 g/mol. The molecule has 1 aromatic carbocycles. The zero-order valence-electron chi connectivity index (χ0n) is 14.2. The Kier molecular flexibility index (Phi) is 8.03. The van der Waals surface area contributed by atoms with Gasteiger partial charge in [-0.3, -0.25) is 4.57 Å². The standard InChI is InChI=1S/C15H23Cl2N2O4P/c1-5-15(4,24(21,22-6-2)23-7-3)19-14(20)18-13-9-11(16)8-12(17)10-13/h8-10H,5-7H2,1-4H3,(H2,18,19,20)/t15-/m0/s1. The van der Waals surface area contributed by atoms with E-state index in [1.807, 2.05) is 0 Å². The van der Waals surface area contributed by atoms with Gasteiger partial charge in [-0.15, -0.1) is 0 Å². The first-order chi connectivity index (χ1) is 11.2. The summed E-state index contributed by atoms with van der Waals surface area (Å²) in [7, 11) is -3.54. The van der Waals surface area contributed by atoms with E-state index in [0.29, 0.717) is 22.2 Å². The molecule has 0 aliphatic rings. The number of anilines is 1. The first-order valence-corrected chi connectivity index (χ1v) is 9.94. The summed E-state index contributed by atoms with van der Waals surface area (Å²) in [4.78, 5) is 12.3. The van der Waals surface area contributed by atoms with Gasteiger partial charge >= 0.3 is 13.6 Å². The second-order valence-corrected chi connectivity index (χ2v) is 8.57. The third kappa shape index (κ3) is 5.36. The van der Waals surface area contributed by atoms with Crippen molar-refractivity contribution in [3.8, 4) is 0 Å². The van der Waals surface area contributed by atoms with Gasteiger partial charge in [0.2, 0.25) is 0 Å². The lowest BCUT2D eigenvalue weighted by atomic mass is 10.2. The van der Waals surface area contributed by atoms with Crippen molar-refractivity contribution in [2.45, 2.75) is 39.4 Å². The van der Waals surface area contributed by atoms with Crippen LogP contribution >= 0.6 is 30.8 Å². The lowest BCUT2D eigenvalue weighted by Crippen LogP contribution is -2.48. The van der Waals surface area contributed by atoms with Crippen LogP contribution in [-0.2, 0) is 13.6 Å². The molecule has 9 heteroatoms. The van der Waals surface area contributed by atoms with Crippen LogP contribution in [0.3, 0.4) is 0 Å². The number of halogens is 2. The molecular formula is C15H23Cl2N2O4P. The molecule has 0 unspecified atom stereocenters. The van der Waals surface area contributed by atoms with E-state index in [0.717, 1.165) is 0 Å². The van der Waals surface area contributed by atoms with Crippen LogP contribution in [0.1, 0.15) is 34.1 Å². The van der Waals surface area contributed by atoms with E-state index in [-0.39, 0.29) is 13.2 Å². The van der Waals surface area contributed by atoms with Crippen LogP contribution in [0.4, 0.5) is 10.5 Å². The smallest absolute Gasteiger partial charge is 0.321 e. The second-order valence-electron chi connectivity index (χ2n) is 5.20. The van der Waals surface area contributed by atoms with Crippen LogP contribution in [0.25, 0.3) is 0 Å². The van der Waals surface area contributed by atoms with Gasteiger partial charge in [-0.2, -0.15) is 0 Å². The Hall–Kier alpha value is -0.780. The largest absolute Gasteiger partial charge is 0.355 e. The Bertz CT molecular complexity index is 599. The SMILES string of the molecule is CCOP(=O)(OCC)[C@@](C)(CC)NC(=O)Nc1cc(Cl)cc(Cl)c1. The van der Waals surface area contributed by atoms with E-state index < -0.39 is 18.9 Å². The summed E-state index contributed by atoms with van der Waals surface area (Å²) in [5.41, 5.74) is 0.422. The highest BCUT2D eigenvalue weighted by molar-refractivity contribution is 7.55. The zero-order chi connectivity index (χ0) is 18.4. The van der Waals surface area contributed by atoms with Gasteiger partial charge in [-0.05, 0) is 45.4 Å². The number of carbonyl (C=O) groups excluding carboxylic acids is 1. The van der Waals surface area contributed by atoms with Crippen molar-refractivity contribution in [2.75, 3.05) is 18.5 Å². The van der Waals surface area contributed by atoms with Gasteiger partial charge in [0.1, 0.15) is 5.28 Å². The van der Waals surface area contributed by atoms with Crippen LogP contribution < -0.4 is 10.6 Å². The quantitative estimate of drug-likeness (QED) is 0.568. The van der Waals surface area contributed by atoms with Gasteiger partial charge in [0.15, 0.2) is 0 Å². The Morgan fingerprint density at radius 2 is 1.62 bits per heavy atom. The molecule has 0 fully saturated rings. The maximum Gasteiger partial charge on any atom is 0.355 e. The number of carbonyl (C=O) groups is 1. The van der Waals surface area contributed by atoms with Crippen molar-refractivity contribution in [1.29, 1.82) is 0 Å². The summed E-state index contributed by atoms with van der Waals surface area (Å²) in [5.74, 6) is 0. The first-order valence-electron chi connectivity index (χ1n) is 7.64. The van der Waals surface area contributed by atoms with E-state index in [1.54, 1.807) is 45.9 Å². The maximum absolute atomic E-state index is 13.0. The van der Waals surface area contributed by atoms with Crippen LogP contribution in [0, 0.1) is 0 Å². The Labute approximate surface area is 152 Å². The number of benzene rings is 1.